The third kappa shape index (κ3) is 3.34. The first-order valence-corrected chi connectivity index (χ1v) is 8.27. The Balaban J connectivity index is 2.17. The molecule has 2 rings (SSSR count). The van der Waals surface area contributed by atoms with E-state index < -0.39 is 0 Å². The SMILES string of the molecule is CCC1CCCC(C(=O)OC)(N2CCCNCC2)CC1. The maximum absolute atomic E-state index is 12.6. The number of esters is 1. The number of carbonyl (C=O) groups excluding carboxylic acids is 1. The minimum atomic E-state index is -0.356. The van der Waals surface area contributed by atoms with Gasteiger partial charge < -0.3 is 10.1 Å². The average molecular weight is 282 g/mol. The van der Waals surface area contributed by atoms with Crippen LogP contribution in [0.4, 0.5) is 0 Å². The van der Waals surface area contributed by atoms with Crippen molar-refractivity contribution in [1.82, 2.24) is 10.2 Å². The van der Waals surface area contributed by atoms with Crippen molar-refractivity contribution in [2.24, 2.45) is 5.92 Å². The number of rotatable bonds is 3. The first kappa shape index (κ1) is 15.8. The van der Waals surface area contributed by atoms with Crippen molar-refractivity contribution in [3.63, 3.8) is 0 Å². The molecule has 20 heavy (non-hydrogen) atoms. The molecule has 0 bridgehead atoms. The molecule has 1 aliphatic heterocycles. The molecule has 2 unspecified atom stereocenters. The molecule has 116 valence electrons. The second kappa shape index (κ2) is 7.41. The van der Waals surface area contributed by atoms with Crippen LogP contribution in [-0.2, 0) is 9.53 Å². The van der Waals surface area contributed by atoms with E-state index in [2.05, 4.69) is 17.1 Å². The van der Waals surface area contributed by atoms with Gasteiger partial charge in [0.1, 0.15) is 5.54 Å². The lowest BCUT2D eigenvalue weighted by molar-refractivity contribution is -0.156. The highest BCUT2D eigenvalue weighted by atomic mass is 16.5. The van der Waals surface area contributed by atoms with Gasteiger partial charge in [-0.3, -0.25) is 9.69 Å². The summed E-state index contributed by atoms with van der Waals surface area (Å²) in [6.45, 7) is 6.29. The molecule has 1 saturated heterocycles. The van der Waals surface area contributed by atoms with Gasteiger partial charge in [0.05, 0.1) is 7.11 Å². The van der Waals surface area contributed by atoms with Gasteiger partial charge in [0.25, 0.3) is 0 Å². The summed E-state index contributed by atoms with van der Waals surface area (Å²) in [6, 6.07) is 0. The van der Waals surface area contributed by atoms with Crippen LogP contribution >= 0.6 is 0 Å². The molecule has 0 aromatic rings. The molecule has 2 fully saturated rings. The maximum Gasteiger partial charge on any atom is 0.326 e. The van der Waals surface area contributed by atoms with Crippen LogP contribution in [0.1, 0.15) is 51.9 Å². The van der Waals surface area contributed by atoms with Crippen LogP contribution < -0.4 is 5.32 Å². The fraction of sp³-hybridized carbons (Fsp3) is 0.938. The second-order valence-electron chi connectivity index (χ2n) is 6.32. The molecule has 0 spiro atoms. The number of carbonyl (C=O) groups is 1. The standard InChI is InChI=1S/C16H30N2O2/c1-3-14-6-4-8-16(9-7-14,15(19)20-2)18-12-5-10-17-11-13-18/h14,17H,3-13H2,1-2H3. The Morgan fingerprint density at radius 3 is 2.85 bits per heavy atom. The molecule has 2 atom stereocenters. The van der Waals surface area contributed by atoms with Crippen LogP contribution in [0.3, 0.4) is 0 Å². The molecule has 4 heteroatoms. The Hall–Kier alpha value is -0.610. The Kier molecular flexibility index (Phi) is 5.85. The van der Waals surface area contributed by atoms with E-state index in [9.17, 15) is 4.79 Å². The van der Waals surface area contributed by atoms with Gasteiger partial charge in [0.2, 0.25) is 0 Å². The van der Waals surface area contributed by atoms with E-state index in [0.29, 0.717) is 0 Å². The summed E-state index contributed by atoms with van der Waals surface area (Å²) in [6.07, 6.45) is 7.87. The molecular formula is C16H30N2O2. The van der Waals surface area contributed by atoms with Crippen molar-refractivity contribution in [2.75, 3.05) is 33.3 Å². The largest absolute Gasteiger partial charge is 0.468 e. The molecule has 0 aromatic heterocycles. The Labute approximate surface area is 123 Å². The third-order valence-corrected chi connectivity index (χ3v) is 5.26. The summed E-state index contributed by atoms with van der Waals surface area (Å²) in [7, 11) is 1.54. The quantitative estimate of drug-likeness (QED) is 0.636. The maximum atomic E-state index is 12.6. The summed E-state index contributed by atoms with van der Waals surface area (Å²) in [4.78, 5) is 15.0. The lowest BCUT2D eigenvalue weighted by atomic mass is 9.87. The van der Waals surface area contributed by atoms with Gasteiger partial charge in [0.15, 0.2) is 0 Å². The van der Waals surface area contributed by atoms with Crippen molar-refractivity contribution >= 4 is 5.97 Å². The summed E-state index contributed by atoms with van der Waals surface area (Å²) < 4.78 is 5.21. The van der Waals surface area contributed by atoms with E-state index in [4.69, 9.17) is 4.74 Å². The van der Waals surface area contributed by atoms with Gasteiger partial charge >= 0.3 is 5.97 Å². The van der Waals surface area contributed by atoms with E-state index in [1.807, 2.05) is 0 Å². The normalized spacial score (nSPS) is 33.2. The van der Waals surface area contributed by atoms with Crippen molar-refractivity contribution in [1.29, 1.82) is 0 Å². The van der Waals surface area contributed by atoms with Gasteiger partial charge in [-0.25, -0.2) is 0 Å². The summed E-state index contributed by atoms with van der Waals surface area (Å²) in [5.74, 6) is 0.780. The predicted octanol–water partition coefficient (Wildman–Crippen LogP) is 2.18. The molecule has 0 radical (unpaired) electrons. The molecule has 1 N–H and O–H groups in total. The highest BCUT2D eigenvalue weighted by Crippen LogP contribution is 2.37. The van der Waals surface area contributed by atoms with Crippen LogP contribution in [0, 0.1) is 5.92 Å². The lowest BCUT2D eigenvalue weighted by Crippen LogP contribution is -2.56. The molecule has 2 aliphatic rings. The molecule has 1 heterocycles. The van der Waals surface area contributed by atoms with E-state index in [0.717, 1.165) is 64.2 Å². The van der Waals surface area contributed by atoms with Gasteiger partial charge in [-0.15, -0.1) is 0 Å². The molecular weight excluding hydrogens is 252 g/mol. The van der Waals surface area contributed by atoms with Gasteiger partial charge in [-0.2, -0.15) is 0 Å². The smallest absolute Gasteiger partial charge is 0.326 e. The highest BCUT2D eigenvalue weighted by Gasteiger charge is 2.45. The minimum absolute atomic E-state index is 0.00356. The van der Waals surface area contributed by atoms with Crippen LogP contribution in [-0.4, -0.2) is 49.7 Å². The molecule has 1 saturated carbocycles. The van der Waals surface area contributed by atoms with E-state index in [1.54, 1.807) is 7.11 Å². The fourth-order valence-corrected chi connectivity index (χ4v) is 3.92. The van der Waals surface area contributed by atoms with Gasteiger partial charge in [0, 0.05) is 19.6 Å². The van der Waals surface area contributed by atoms with Crippen molar-refractivity contribution in [3.8, 4) is 0 Å². The molecule has 4 nitrogen and oxygen atoms in total. The summed E-state index contributed by atoms with van der Waals surface area (Å²) in [5.41, 5.74) is -0.356. The number of hydrogen-bond donors (Lipinski definition) is 1. The first-order valence-electron chi connectivity index (χ1n) is 8.27. The zero-order valence-electron chi connectivity index (χ0n) is 13.1. The predicted molar refractivity (Wildman–Crippen MR) is 80.7 cm³/mol. The Bertz CT molecular complexity index is 314. The monoisotopic (exact) mass is 282 g/mol. The number of ether oxygens (including phenoxy) is 1. The topological polar surface area (TPSA) is 41.6 Å². The molecule has 0 amide bonds. The lowest BCUT2D eigenvalue weighted by Gasteiger charge is -2.40. The number of methoxy groups -OCH3 is 1. The molecule has 0 aromatic carbocycles. The zero-order valence-corrected chi connectivity index (χ0v) is 13.1. The average Bonchev–Trinajstić information content (AvgIpc) is 2.87. The van der Waals surface area contributed by atoms with E-state index in [-0.39, 0.29) is 11.5 Å². The van der Waals surface area contributed by atoms with Crippen LogP contribution in [0.2, 0.25) is 0 Å². The van der Waals surface area contributed by atoms with E-state index in [1.165, 1.54) is 12.8 Å². The number of nitrogens with zero attached hydrogens (tertiary/aromatic N) is 1. The van der Waals surface area contributed by atoms with Gasteiger partial charge in [-0.1, -0.05) is 26.2 Å². The fourth-order valence-electron chi connectivity index (χ4n) is 3.92. The summed E-state index contributed by atoms with van der Waals surface area (Å²) in [5, 5.41) is 3.43. The number of hydrogen-bond acceptors (Lipinski definition) is 4. The van der Waals surface area contributed by atoms with E-state index >= 15 is 0 Å². The van der Waals surface area contributed by atoms with Crippen molar-refractivity contribution < 1.29 is 9.53 Å². The third-order valence-electron chi connectivity index (χ3n) is 5.26. The second-order valence-corrected chi connectivity index (χ2v) is 6.32. The molecule has 1 aliphatic carbocycles. The van der Waals surface area contributed by atoms with Crippen molar-refractivity contribution in [2.45, 2.75) is 57.4 Å². The first-order chi connectivity index (χ1) is 9.73. The number of nitrogens with one attached hydrogen (secondary N) is 1. The highest BCUT2D eigenvalue weighted by molar-refractivity contribution is 5.80. The van der Waals surface area contributed by atoms with Crippen LogP contribution in [0.15, 0.2) is 0 Å². The van der Waals surface area contributed by atoms with Crippen molar-refractivity contribution in [3.05, 3.63) is 0 Å². The minimum Gasteiger partial charge on any atom is -0.468 e. The zero-order chi connectivity index (χ0) is 14.4. The Morgan fingerprint density at radius 2 is 2.10 bits per heavy atom. The Morgan fingerprint density at radius 1 is 1.25 bits per heavy atom. The van der Waals surface area contributed by atoms with Crippen LogP contribution in [0.5, 0.6) is 0 Å². The summed E-state index contributed by atoms with van der Waals surface area (Å²) >= 11 is 0. The van der Waals surface area contributed by atoms with Crippen LogP contribution in [0.25, 0.3) is 0 Å². The van der Waals surface area contributed by atoms with Gasteiger partial charge in [-0.05, 0) is 38.1 Å².